The Hall–Kier alpha value is -2.58. The van der Waals surface area contributed by atoms with Gasteiger partial charge in [-0.1, -0.05) is 40.9 Å². The maximum absolute atomic E-state index is 13.8. The van der Waals surface area contributed by atoms with Crippen LogP contribution in [-0.4, -0.2) is 29.0 Å². The van der Waals surface area contributed by atoms with Crippen molar-refractivity contribution in [2.24, 2.45) is 5.92 Å². The number of anilines is 2. The van der Waals surface area contributed by atoms with Gasteiger partial charge >= 0.3 is 0 Å². The Morgan fingerprint density at radius 3 is 2.59 bits per heavy atom. The molecule has 1 aliphatic rings. The quantitative estimate of drug-likeness (QED) is 0.555. The summed E-state index contributed by atoms with van der Waals surface area (Å²) < 4.78 is 15.7. The number of nitrogens with one attached hydrogen (secondary N) is 1. The number of fused-ring (bicyclic) bond motifs is 2. The molecular formula is C19H15FN4OS2. The zero-order chi connectivity index (χ0) is 18.5. The third-order valence-electron chi connectivity index (χ3n) is 4.73. The third kappa shape index (κ3) is 2.85. The standard InChI is InChI=1S/C19H15FN4OS2/c1-10-4-2-6-13-15(10)21-18(26-13)23-17(25)11-8-24(9-11)19-22-16-12(20)5-3-7-14(16)27-19/h2-7,11H,8-9H2,1H3,(H,21,23,25). The highest BCUT2D eigenvalue weighted by molar-refractivity contribution is 7.22. The minimum atomic E-state index is -0.309. The van der Waals surface area contributed by atoms with Crippen LogP contribution in [0.25, 0.3) is 20.4 Å². The van der Waals surface area contributed by atoms with E-state index in [9.17, 15) is 9.18 Å². The van der Waals surface area contributed by atoms with Crippen LogP contribution in [0.1, 0.15) is 5.56 Å². The maximum atomic E-state index is 13.8. The molecule has 3 heterocycles. The number of amides is 1. The Kier molecular flexibility index (Phi) is 3.84. The van der Waals surface area contributed by atoms with Crippen molar-refractivity contribution in [3.63, 3.8) is 0 Å². The second-order valence-corrected chi connectivity index (χ2v) is 8.65. The number of para-hydroxylation sites is 2. The molecule has 0 spiro atoms. The van der Waals surface area contributed by atoms with Gasteiger partial charge in [0, 0.05) is 13.1 Å². The number of aromatic nitrogens is 2. The van der Waals surface area contributed by atoms with E-state index in [4.69, 9.17) is 0 Å². The molecule has 0 bridgehead atoms. The van der Waals surface area contributed by atoms with E-state index >= 15 is 0 Å². The van der Waals surface area contributed by atoms with Crippen LogP contribution in [-0.2, 0) is 4.79 Å². The molecule has 1 N–H and O–H groups in total. The number of carbonyl (C=O) groups is 1. The molecular weight excluding hydrogens is 383 g/mol. The molecule has 4 aromatic rings. The van der Waals surface area contributed by atoms with Gasteiger partial charge in [-0.25, -0.2) is 14.4 Å². The SMILES string of the molecule is Cc1cccc2sc(NC(=O)C3CN(c4nc5c(F)cccc5s4)C3)nc12. The van der Waals surface area contributed by atoms with E-state index < -0.39 is 0 Å². The lowest BCUT2D eigenvalue weighted by atomic mass is 10.0. The molecule has 2 aromatic heterocycles. The topological polar surface area (TPSA) is 58.1 Å². The summed E-state index contributed by atoms with van der Waals surface area (Å²) in [5.41, 5.74) is 2.43. The van der Waals surface area contributed by atoms with Crippen LogP contribution in [0.4, 0.5) is 14.7 Å². The average molecular weight is 398 g/mol. The second-order valence-electron chi connectivity index (χ2n) is 6.61. The Morgan fingerprint density at radius 2 is 1.85 bits per heavy atom. The number of halogens is 1. The monoisotopic (exact) mass is 398 g/mol. The Bertz CT molecular complexity index is 1180. The van der Waals surface area contributed by atoms with Crippen LogP contribution < -0.4 is 10.2 Å². The van der Waals surface area contributed by atoms with Crippen molar-refractivity contribution in [1.82, 2.24) is 9.97 Å². The van der Waals surface area contributed by atoms with Crippen molar-refractivity contribution in [2.75, 3.05) is 23.3 Å². The lowest BCUT2D eigenvalue weighted by Crippen LogP contribution is -2.52. The van der Waals surface area contributed by atoms with Crippen molar-refractivity contribution in [3.8, 4) is 0 Å². The molecule has 8 heteroatoms. The number of carbonyl (C=O) groups excluding carboxylic acids is 1. The van der Waals surface area contributed by atoms with Crippen LogP contribution in [0, 0.1) is 18.7 Å². The minimum absolute atomic E-state index is 0.0322. The van der Waals surface area contributed by atoms with Gasteiger partial charge < -0.3 is 10.2 Å². The first-order valence-electron chi connectivity index (χ1n) is 8.55. The number of thiazole rings is 2. The molecule has 1 saturated heterocycles. The summed E-state index contributed by atoms with van der Waals surface area (Å²) in [5.74, 6) is -0.457. The smallest absolute Gasteiger partial charge is 0.232 e. The Labute approximate surface area is 162 Å². The van der Waals surface area contributed by atoms with Crippen LogP contribution in [0.15, 0.2) is 36.4 Å². The zero-order valence-electron chi connectivity index (χ0n) is 14.4. The molecule has 136 valence electrons. The van der Waals surface area contributed by atoms with E-state index in [1.54, 1.807) is 6.07 Å². The number of nitrogens with zero attached hydrogens (tertiary/aromatic N) is 3. The fraction of sp³-hybridized carbons (Fsp3) is 0.211. The molecule has 27 heavy (non-hydrogen) atoms. The molecule has 0 radical (unpaired) electrons. The molecule has 0 aliphatic carbocycles. The average Bonchev–Trinajstić information content (AvgIpc) is 3.19. The van der Waals surface area contributed by atoms with E-state index in [1.165, 1.54) is 28.7 Å². The highest BCUT2D eigenvalue weighted by atomic mass is 32.1. The molecule has 2 aromatic carbocycles. The summed E-state index contributed by atoms with van der Waals surface area (Å²) in [7, 11) is 0. The van der Waals surface area contributed by atoms with Gasteiger partial charge in [0.1, 0.15) is 11.3 Å². The number of rotatable bonds is 3. The normalized spacial score (nSPS) is 14.7. The van der Waals surface area contributed by atoms with Crippen LogP contribution in [0.3, 0.4) is 0 Å². The van der Waals surface area contributed by atoms with Gasteiger partial charge in [0.25, 0.3) is 0 Å². The fourth-order valence-corrected chi connectivity index (χ4v) is 5.13. The lowest BCUT2D eigenvalue weighted by Gasteiger charge is -2.37. The maximum Gasteiger partial charge on any atom is 0.232 e. The zero-order valence-corrected chi connectivity index (χ0v) is 16.0. The second kappa shape index (κ2) is 6.24. The van der Waals surface area contributed by atoms with Crippen LogP contribution in [0.2, 0.25) is 0 Å². The largest absolute Gasteiger partial charge is 0.346 e. The van der Waals surface area contributed by atoms with Gasteiger partial charge in [-0.15, -0.1) is 0 Å². The van der Waals surface area contributed by atoms with E-state index in [2.05, 4.69) is 15.3 Å². The first-order valence-corrected chi connectivity index (χ1v) is 10.2. The summed E-state index contributed by atoms with van der Waals surface area (Å²) in [6.07, 6.45) is 0. The highest BCUT2D eigenvalue weighted by Crippen LogP contribution is 2.34. The minimum Gasteiger partial charge on any atom is -0.346 e. The van der Waals surface area contributed by atoms with Crippen molar-refractivity contribution in [2.45, 2.75) is 6.92 Å². The Morgan fingerprint density at radius 1 is 1.11 bits per heavy atom. The molecule has 0 atom stereocenters. The lowest BCUT2D eigenvalue weighted by molar-refractivity contribution is -0.120. The van der Waals surface area contributed by atoms with Gasteiger partial charge in [0.15, 0.2) is 10.3 Å². The van der Waals surface area contributed by atoms with Crippen molar-refractivity contribution < 1.29 is 9.18 Å². The molecule has 1 fully saturated rings. The number of benzene rings is 2. The first kappa shape index (κ1) is 16.6. The van der Waals surface area contributed by atoms with Gasteiger partial charge in [-0.3, -0.25) is 4.79 Å². The summed E-state index contributed by atoms with van der Waals surface area (Å²) >= 11 is 2.94. The first-order chi connectivity index (χ1) is 13.1. The van der Waals surface area contributed by atoms with E-state index in [1.807, 2.05) is 36.1 Å². The van der Waals surface area contributed by atoms with Crippen molar-refractivity contribution in [3.05, 3.63) is 47.8 Å². The number of hydrogen-bond donors (Lipinski definition) is 1. The fourth-order valence-electron chi connectivity index (χ4n) is 3.19. The van der Waals surface area contributed by atoms with Crippen LogP contribution in [0.5, 0.6) is 0 Å². The summed E-state index contributed by atoms with van der Waals surface area (Å²) in [6.45, 7) is 3.17. The Balaban J connectivity index is 1.27. The number of aryl methyl sites for hydroxylation is 1. The molecule has 0 unspecified atom stereocenters. The molecule has 0 saturated carbocycles. The van der Waals surface area contributed by atoms with Gasteiger partial charge in [-0.2, -0.15) is 0 Å². The molecule has 1 aliphatic heterocycles. The van der Waals surface area contributed by atoms with Gasteiger partial charge in [-0.05, 0) is 30.7 Å². The van der Waals surface area contributed by atoms with Crippen molar-refractivity contribution in [1.29, 1.82) is 0 Å². The summed E-state index contributed by atoms with van der Waals surface area (Å²) in [4.78, 5) is 23.4. The summed E-state index contributed by atoms with van der Waals surface area (Å²) in [5, 5.41) is 4.32. The van der Waals surface area contributed by atoms with Crippen LogP contribution >= 0.6 is 22.7 Å². The van der Waals surface area contributed by atoms with Crippen molar-refractivity contribution >= 4 is 59.3 Å². The third-order valence-corrected chi connectivity index (χ3v) is 6.75. The van der Waals surface area contributed by atoms with Gasteiger partial charge in [0.05, 0.1) is 20.8 Å². The van der Waals surface area contributed by atoms with E-state index in [0.29, 0.717) is 23.7 Å². The molecule has 5 nitrogen and oxygen atoms in total. The van der Waals surface area contributed by atoms with E-state index in [0.717, 1.165) is 25.6 Å². The summed E-state index contributed by atoms with van der Waals surface area (Å²) in [6, 6.07) is 11.0. The number of hydrogen-bond acceptors (Lipinski definition) is 6. The predicted molar refractivity (Wildman–Crippen MR) is 108 cm³/mol. The van der Waals surface area contributed by atoms with Gasteiger partial charge in [0.2, 0.25) is 5.91 Å². The molecule has 1 amide bonds. The predicted octanol–water partition coefficient (Wildman–Crippen LogP) is 4.43. The van der Waals surface area contributed by atoms with E-state index in [-0.39, 0.29) is 17.6 Å². The highest BCUT2D eigenvalue weighted by Gasteiger charge is 2.35. The molecule has 5 rings (SSSR count).